The monoisotopic (exact) mass is 492 g/mol. The number of rotatable bonds is 8. The fourth-order valence-electron chi connectivity index (χ4n) is 4.07. The Morgan fingerprint density at radius 3 is 2.59 bits per heavy atom. The van der Waals surface area contributed by atoms with E-state index in [1.54, 1.807) is 17.0 Å². The zero-order valence-electron chi connectivity index (χ0n) is 20.4. The molecule has 2 aliphatic rings. The summed E-state index contributed by atoms with van der Waals surface area (Å²) in [6, 6.07) is 4.05. The summed E-state index contributed by atoms with van der Waals surface area (Å²) in [4.78, 5) is 26.2. The molecular formula is C23H33N4O6P. The van der Waals surface area contributed by atoms with Crippen molar-refractivity contribution in [3.05, 3.63) is 29.5 Å². The van der Waals surface area contributed by atoms with Gasteiger partial charge in [-0.2, -0.15) is 4.76 Å². The van der Waals surface area contributed by atoms with Crippen LogP contribution in [0.2, 0.25) is 0 Å². The summed E-state index contributed by atoms with van der Waals surface area (Å²) in [5, 5.41) is 14.4. The van der Waals surface area contributed by atoms with Crippen molar-refractivity contribution < 1.29 is 28.5 Å². The predicted octanol–water partition coefficient (Wildman–Crippen LogP) is 2.95. The van der Waals surface area contributed by atoms with Crippen LogP contribution in [-0.4, -0.2) is 54.0 Å². The molecule has 186 valence electrons. The largest absolute Gasteiger partial charge is 0.509 e. The number of amidine groups is 1. The van der Waals surface area contributed by atoms with Crippen LogP contribution in [0.4, 0.5) is 5.69 Å². The predicted molar refractivity (Wildman–Crippen MR) is 131 cm³/mol. The van der Waals surface area contributed by atoms with E-state index in [1.165, 1.54) is 13.2 Å². The van der Waals surface area contributed by atoms with Gasteiger partial charge in [0.25, 0.3) is 11.8 Å². The van der Waals surface area contributed by atoms with E-state index in [9.17, 15) is 19.3 Å². The van der Waals surface area contributed by atoms with Crippen LogP contribution in [0.15, 0.2) is 34.3 Å². The van der Waals surface area contributed by atoms with Gasteiger partial charge in [0.05, 0.1) is 17.0 Å². The number of aliphatic hydroxyl groups excluding tert-OH is 1. The standard InChI is InChI=1S/C23H33N4O6P/c1-13(2)9-10-27-20(23(3,4)5)19(29)18(22(27)30)21-25-15-8-7-14(33-12-17(24)28)11-16(15)34(31,26-21)32-6/h7-8,11,13,20,29H,9-10,12H2,1-6H3,(H2,24,28)(H,25,26,31). The minimum atomic E-state index is -3.82. The van der Waals surface area contributed by atoms with Crippen LogP contribution in [0.3, 0.4) is 0 Å². The highest BCUT2D eigenvalue weighted by Gasteiger charge is 2.48. The van der Waals surface area contributed by atoms with Crippen LogP contribution >= 0.6 is 7.52 Å². The number of nitrogens with one attached hydrogen (secondary N) is 1. The topological polar surface area (TPSA) is 144 Å². The van der Waals surface area contributed by atoms with Gasteiger partial charge in [0.1, 0.15) is 17.1 Å². The van der Waals surface area contributed by atoms with Crippen molar-refractivity contribution in [2.24, 2.45) is 21.8 Å². The number of anilines is 1. The number of hydrogen-bond donors (Lipinski definition) is 3. The summed E-state index contributed by atoms with van der Waals surface area (Å²) in [7, 11) is -2.56. The third-order valence-electron chi connectivity index (χ3n) is 5.69. The van der Waals surface area contributed by atoms with E-state index in [4.69, 9.17) is 15.0 Å². The number of benzene rings is 1. The molecule has 0 fully saturated rings. The molecule has 0 radical (unpaired) electrons. The number of fused-ring (bicyclic) bond motifs is 1. The molecule has 0 aliphatic carbocycles. The molecule has 2 unspecified atom stereocenters. The lowest BCUT2D eigenvalue weighted by molar-refractivity contribution is -0.128. The summed E-state index contributed by atoms with van der Waals surface area (Å²) in [6.45, 7) is 10.1. The molecule has 34 heavy (non-hydrogen) atoms. The quantitative estimate of drug-likeness (QED) is 0.473. The van der Waals surface area contributed by atoms with Gasteiger partial charge in [-0.3, -0.25) is 14.2 Å². The van der Waals surface area contributed by atoms with Crippen molar-refractivity contribution in [3.8, 4) is 5.75 Å². The van der Waals surface area contributed by atoms with Gasteiger partial charge in [-0.1, -0.05) is 34.6 Å². The van der Waals surface area contributed by atoms with Crippen molar-refractivity contribution in [3.63, 3.8) is 0 Å². The first kappa shape index (κ1) is 25.8. The van der Waals surface area contributed by atoms with Gasteiger partial charge < -0.3 is 30.3 Å². The summed E-state index contributed by atoms with van der Waals surface area (Å²) >= 11 is 0. The zero-order chi connectivity index (χ0) is 25.4. The Balaban J connectivity index is 2.04. The van der Waals surface area contributed by atoms with Gasteiger partial charge in [-0.05, 0) is 36.0 Å². The van der Waals surface area contributed by atoms with Gasteiger partial charge in [0.2, 0.25) is 0 Å². The van der Waals surface area contributed by atoms with Crippen LogP contribution in [-0.2, 0) is 18.7 Å². The number of aliphatic hydroxyl groups is 1. The highest BCUT2D eigenvalue weighted by Crippen LogP contribution is 2.52. The van der Waals surface area contributed by atoms with E-state index < -0.39 is 24.9 Å². The molecule has 0 spiro atoms. The SMILES string of the molecule is COP1(=O)N=C(C2=C(O)C(C(C)(C)C)N(CCC(C)C)C2=O)Nc2ccc(OCC(N)=O)cc21. The van der Waals surface area contributed by atoms with Crippen molar-refractivity contribution in [1.29, 1.82) is 0 Å². The summed E-state index contributed by atoms with van der Waals surface area (Å²) < 4.78 is 28.5. The molecule has 1 aromatic rings. The Bertz CT molecular complexity index is 1110. The number of amides is 2. The Kier molecular flexibility index (Phi) is 7.15. The average Bonchev–Trinajstić information content (AvgIpc) is 3.00. The lowest BCUT2D eigenvalue weighted by Crippen LogP contribution is -2.44. The Morgan fingerprint density at radius 1 is 1.35 bits per heavy atom. The average molecular weight is 493 g/mol. The smallest absolute Gasteiger partial charge is 0.348 e. The van der Waals surface area contributed by atoms with E-state index in [1.807, 2.05) is 20.8 Å². The van der Waals surface area contributed by atoms with E-state index in [0.717, 1.165) is 6.42 Å². The van der Waals surface area contributed by atoms with Crippen LogP contribution in [0.25, 0.3) is 0 Å². The van der Waals surface area contributed by atoms with Gasteiger partial charge in [0.15, 0.2) is 12.4 Å². The number of nitrogens with two attached hydrogens (primary N) is 1. The maximum absolute atomic E-state index is 13.6. The second-order valence-corrected chi connectivity index (χ2v) is 12.0. The second-order valence-electron chi connectivity index (χ2n) is 9.92. The summed E-state index contributed by atoms with van der Waals surface area (Å²) in [6.07, 6.45) is 0.770. The van der Waals surface area contributed by atoms with E-state index in [0.29, 0.717) is 18.2 Å². The molecular weight excluding hydrogens is 459 g/mol. The fraction of sp³-hybridized carbons (Fsp3) is 0.522. The molecule has 1 aromatic carbocycles. The molecule has 4 N–H and O–H groups in total. The highest BCUT2D eigenvalue weighted by molar-refractivity contribution is 7.66. The minimum absolute atomic E-state index is 0.00714. The lowest BCUT2D eigenvalue weighted by Gasteiger charge is -2.35. The van der Waals surface area contributed by atoms with Gasteiger partial charge >= 0.3 is 7.52 Å². The Labute approximate surface area is 199 Å². The maximum Gasteiger partial charge on any atom is 0.348 e. The van der Waals surface area contributed by atoms with Crippen molar-refractivity contribution in [2.75, 3.05) is 25.6 Å². The maximum atomic E-state index is 13.6. The first-order chi connectivity index (χ1) is 15.8. The highest BCUT2D eigenvalue weighted by atomic mass is 31.2. The molecule has 11 heteroatoms. The molecule has 0 saturated carbocycles. The molecule has 0 bridgehead atoms. The van der Waals surface area contributed by atoms with Gasteiger partial charge in [0, 0.05) is 13.7 Å². The van der Waals surface area contributed by atoms with Crippen molar-refractivity contribution >= 4 is 36.2 Å². The van der Waals surface area contributed by atoms with Crippen LogP contribution in [0, 0.1) is 11.3 Å². The van der Waals surface area contributed by atoms with Gasteiger partial charge in [-0.25, -0.2) is 0 Å². The van der Waals surface area contributed by atoms with Crippen molar-refractivity contribution in [2.45, 2.75) is 47.1 Å². The first-order valence-electron chi connectivity index (χ1n) is 11.1. The third-order valence-corrected chi connectivity index (χ3v) is 7.63. The molecule has 0 aromatic heterocycles. The first-order valence-corrected chi connectivity index (χ1v) is 12.7. The lowest BCUT2D eigenvalue weighted by atomic mass is 9.85. The van der Waals surface area contributed by atoms with Gasteiger partial charge in [-0.15, -0.1) is 0 Å². The fourth-order valence-corrected chi connectivity index (χ4v) is 5.59. The molecule has 2 amide bonds. The number of carbonyl (C=O) groups excluding carboxylic acids is 2. The summed E-state index contributed by atoms with van der Waals surface area (Å²) in [5.74, 6) is -0.508. The van der Waals surface area contributed by atoms with Crippen molar-refractivity contribution in [1.82, 2.24) is 4.90 Å². The van der Waals surface area contributed by atoms with E-state index in [-0.39, 0.29) is 40.7 Å². The number of ether oxygens (including phenoxy) is 1. The molecule has 2 atom stereocenters. The molecule has 2 aliphatic heterocycles. The third kappa shape index (κ3) is 4.98. The number of nitrogens with zero attached hydrogens (tertiary/aromatic N) is 2. The normalized spacial score (nSPS) is 22.6. The Hall–Kier alpha value is -2.84. The molecule has 0 saturated heterocycles. The van der Waals surface area contributed by atoms with Crippen LogP contribution in [0.5, 0.6) is 5.75 Å². The van der Waals surface area contributed by atoms with Crippen LogP contribution in [0.1, 0.15) is 41.0 Å². The van der Waals surface area contributed by atoms with Crippen LogP contribution < -0.4 is 21.1 Å². The number of primary amides is 1. The molecule has 2 heterocycles. The minimum Gasteiger partial charge on any atom is -0.509 e. The van der Waals surface area contributed by atoms with E-state index in [2.05, 4.69) is 23.9 Å². The summed E-state index contributed by atoms with van der Waals surface area (Å²) in [5.41, 5.74) is 5.06. The number of hydrogen-bond acceptors (Lipinski definition) is 7. The molecule has 10 nitrogen and oxygen atoms in total. The molecule has 3 rings (SSSR count). The zero-order valence-corrected chi connectivity index (χ0v) is 21.3. The second kappa shape index (κ2) is 9.43. The number of carbonyl (C=O) groups is 2. The van der Waals surface area contributed by atoms with E-state index >= 15 is 0 Å². The Morgan fingerprint density at radius 2 is 2.03 bits per heavy atom.